The molecular weight excluding hydrogens is 254 g/mol. The van der Waals surface area contributed by atoms with E-state index >= 15 is 0 Å². The molecule has 1 amide bonds. The number of hydrogen-bond acceptors (Lipinski definition) is 4. The minimum Gasteiger partial charge on any atom is -0.353 e. The molecule has 1 aliphatic rings. The fourth-order valence-corrected chi connectivity index (χ4v) is 2.41. The molecule has 6 heteroatoms. The van der Waals surface area contributed by atoms with E-state index in [4.69, 9.17) is 0 Å². The Labute approximate surface area is 117 Å². The number of hydrogen-bond donors (Lipinski definition) is 2. The van der Waals surface area contributed by atoms with E-state index < -0.39 is 0 Å². The monoisotopic (exact) mass is 271 g/mol. The van der Waals surface area contributed by atoms with E-state index in [0.29, 0.717) is 13.1 Å². The first-order valence-electron chi connectivity index (χ1n) is 6.75. The van der Waals surface area contributed by atoms with Crippen LogP contribution in [0.15, 0.2) is 36.7 Å². The predicted octanol–water partition coefficient (Wildman–Crippen LogP) is 0.109. The maximum atomic E-state index is 12.1. The van der Waals surface area contributed by atoms with E-state index in [2.05, 4.69) is 33.1 Å². The Morgan fingerprint density at radius 1 is 1.40 bits per heavy atom. The van der Waals surface area contributed by atoms with Gasteiger partial charge in [0.1, 0.15) is 0 Å². The summed E-state index contributed by atoms with van der Waals surface area (Å²) in [5.74, 6) is 0.0413. The summed E-state index contributed by atoms with van der Waals surface area (Å²) in [6.45, 7) is 1.94. The first-order chi connectivity index (χ1) is 9.83. The lowest BCUT2D eigenvalue weighted by Gasteiger charge is -2.25. The van der Waals surface area contributed by atoms with Crippen LogP contribution in [0.5, 0.6) is 0 Å². The highest BCUT2D eigenvalue weighted by Crippen LogP contribution is 2.16. The fraction of sp³-hybridized carbons (Fsp3) is 0.357. The molecule has 1 aromatic heterocycles. The Bertz CT molecular complexity index is 581. The lowest BCUT2D eigenvalue weighted by Crippen LogP contribution is -2.48. The van der Waals surface area contributed by atoms with Crippen molar-refractivity contribution in [1.29, 1.82) is 0 Å². The molecular formula is C14H17N5O. The molecule has 6 nitrogen and oxygen atoms in total. The van der Waals surface area contributed by atoms with Crippen molar-refractivity contribution < 1.29 is 4.79 Å². The molecule has 1 aromatic carbocycles. The summed E-state index contributed by atoms with van der Waals surface area (Å²) < 4.78 is 1.70. The summed E-state index contributed by atoms with van der Waals surface area (Å²) in [5, 5.41) is 13.8. The number of aromatic nitrogens is 3. The number of amides is 1. The van der Waals surface area contributed by atoms with Gasteiger partial charge >= 0.3 is 0 Å². The third kappa shape index (κ3) is 2.85. The molecule has 2 aromatic rings. The molecule has 2 N–H and O–H groups in total. The summed E-state index contributed by atoms with van der Waals surface area (Å²) >= 11 is 0. The molecule has 0 fully saturated rings. The lowest BCUT2D eigenvalue weighted by atomic mass is 9.95. The maximum absolute atomic E-state index is 12.1. The zero-order valence-corrected chi connectivity index (χ0v) is 11.1. The van der Waals surface area contributed by atoms with Gasteiger partial charge in [-0.2, -0.15) is 0 Å². The second-order valence-electron chi connectivity index (χ2n) is 4.86. The van der Waals surface area contributed by atoms with Crippen LogP contribution in [0, 0.1) is 0 Å². The Balaban J connectivity index is 1.51. The van der Waals surface area contributed by atoms with Crippen LogP contribution in [0.2, 0.25) is 0 Å². The molecule has 3 rings (SSSR count). The van der Waals surface area contributed by atoms with Crippen molar-refractivity contribution >= 4 is 5.91 Å². The molecule has 0 unspecified atom stereocenters. The standard InChI is InChI=1S/C14H17N5O/c20-14(15-5-7-19-8-6-17-18-19)13-9-11-3-1-2-4-12(11)10-16-13/h1-4,6,8,13,16H,5,7,9-10H2,(H,15,20)/t13-/m0/s1. The van der Waals surface area contributed by atoms with E-state index in [9.17, 15) is 4.79 Å². The lowest BCUT2D eigenvalue weighted by molar-refractivity contribution is -0.123. The van der Waals surface area contributed by atoms with Crippen LogP contribution in [0.4, 0.5) is 0 Å². The smallest absolute Gasteiger partial charge is 0.237 e. The third-order valence-electron chi connectivity index (χ3n) is 3.51. The van der Waals surface area contributed by atoms with Gasteiger partial charge in [0.05, 0.1) is 18.8 Å². The highest BCUT2D eigenvalue weighted by atomic mass is 16.2. The number of carbonyl (C=O) groups excluding carboxylic acids is 1. The zero-order valence-electron chi connectivity index (χ0n) is 11.1. The number of nitrogens with one attached hydrogen (secondary N) is 2. The maximum Gasteiger partial charge on any atom is 0.237 e. The number of nitrogens with zero attached hydrogens (tertiary/aromatic N) is 3. The molecule has 0 saturated carbocycles. The van der Waals surface area contributed by atoms with Crippen molar-refractivity contribution in [1.82, 2.24) is 25.6 Å². The average Bonchev–Trinajstić information content (AvgIpc) is 3.00. The highest BCUT2D eigenvalue weighted by molar-refractivity contribution is 5.82. The second-order valence-corrected chi connectivity index (χ2v) is 4.86. The molecule has 1 aliphatic heterocycles. The van der Waals surface area contributed by atoms with Crippen LogP contribution in [0.25, 0.3) is 0 Å². The minimum absolute atomic E-state index is 0.0413. The molecule has 0 spiro atoms. The van der Waals surface area contributed by atoms with Crippen LogP contribution in [0.1, 0.15) is 11.1 Å². The van der Waals surface area contributed by atoms with Crippen molar-refractivity contribution in [2.45, 2.75) is 25.6 Å². The van der Waals surface area contributed by atoms with Crippen LogP contribution in [-0.2, 0) is 24.3 Å². The van der Waals surface area contributed by atoms with Gasteiger partial charge in [-0.25, -0.2) is 0 Å². The van der Waals surface area contributed by atoms with Crippen LogP contribution in [-0.4, -0.2) is 33.5 Å². The zero-order chi connectivity index (χ0) is 13.8. The predicted molar refractivity (Wildman–Crippen MR) is 73.8 cm³/mol. The number of fused-ring (bicyclic) bond motifs is 1. The van der Waals surface area contributed by atoms with Gasteiger partial charge in [0.25, 0.3) is 0 Å². The van der Waals surface area contributed by atoms with Gasteiger partial charge in [-0.05, 0) is 17.5 Å². The van der Waals surface area contributed by atoms with Gasteiger partial charge < -0.3 is 10.6 Å². The third-order valence-corrected chi connectivity index (χ3v) is 3.51. The van der Waals surface area contributed by atoms with E-state index in [1.807, 2.05) is 12.1 Å². The highest BCUT2D eigenvalue weighted by Gasteiger charge is 2.23. The summed E-state index contributed by atoms with van der Waals surface area (Å²) in [7, 11) is 0. The van der Waals surface area contributed by atoms with E-state index in [1.54, 1.807) is 17.1 Å². The van der Waals surface area contributed by atoms with Crippen molar-refractivity contribution in [3.63, 3.8) is 0 Å². The molecule has 104 valence electrons. The van der Waals surface area contributed by atoms with Crippen LogP contribution >= 0.6 is 0 Å². The molecule has 20 heavy (non-hydrogen) atoms. The first-order valence-corrected chi connectivity index (χ1v) is 6.75. The summed E-state index contributed by atoms with van der Waals surface area (Å²) in [5.41, 5.74) is 2.53. The van der Waals surface area contributed by atoms with Crippen molar-refractivity contribution in [2.24, 2.45) is 0 Å². The van der Waals surface area contributed by atoms with Gasteiger partial charge in [0.15, 0.2) is 0 Å². The normalized spacial score (nSPS) is 17.5. The van der Waals surface area contributed by atoms with Crippen molar-refractivity contribution in [3.8, 4) is 0 Å². The number of rotatable bonds is 4. The Morgan fingerprint density at radius 2 is 2.25 bits per heavy atom. The average molecular weight is 271 g/mol. The minimum atomic E-state index is -0.152. The van der Waals surface area contributed by atoms with Crippen LogP contribution < -0.4 is 10.6 Å². The second kappa shape index (κ2) is 5.83. The Kier molecular flexibility index (Phi) is 3.73. The number of carbonyl (C=O) groups is 1. The largest absolute Gasteiger partial charge is 0.353 e. The Morgan fingerprint density at radius 3 is 3.05 bits per heavy atom. The first kappa shape index (κ1) is 12.8. The topological polar surface area (TPSA) is 71.8 Å². The number of benzene rings is 1. The van der Waals surface area contributed by atoms with Gasteiger partial charge in [-0.15, -0.1) is 5.10 Å². The van der Waals surface area contributed by atoms with Gasteiger partial charge in [-0.1, -0.05) is 29.5 Å². The quantitative estimate of drug-likeness (QED) is 0.828. The summed E-state index contributed by atoms with van der Waals surface area (Å²) in [6.07, 6.45) is 4.15. The molecule has 0 saturated heterocycles. The van der Waals surface area contributed by atoms with E-state index in [-0.39, 0.29) is 11.9 Å². The summed E-state index contributed by atoms with van der Waals surface area (Å²) in [6, 6.07) is 8.08. The molecule has 0 aliphatic carbocycles. The van der Waals surface area contributed by atoms with Crippen LogP contribution in [0.3, 0.4) is 0 Å². The van der Waals surface area contributed by atoms with Crippen molar-refractivity contribution in [3.05, 3.63) is 47.8 Å². The van der Waals surface area contributed by atoms with Gasteiger partial charge in [-0.3, -0.25) is 9.48 Å². The SMILES string of the molecule is O=C(NCCn1ccnn1)[C@@H]1Cc2ccccc2CN1. The fourth-order valence-electron chi connectivity index (χ4n) is 2.41. The van der Waals surface area contributed by atoms with Gasteiger partial charge in [0.2, 0.25) is 5.91 Å². The summed E-state index contributed by atoms with van der Waals surface area (Å²) in [4.78, 5) is 12.1. The van der Waals surface area contributed by atoms with Crippen molar-refractivity contribution in [2.75, 3.05) is 6.54 Å². The van der Waals surface area contributed by atoms with E-state index in [0.717, 1.165) is 13.0 Å². The molecule has 0 bridgehead atoms. The molecule has 2 heterocycles. The van der Waals surface area contributed by atoms with E-state index in [1.165, 1.54) is 11.1 Å². The molecule has 0 radical (unpaired) electrons. The Hall–Kier alpha value is -2.21. The van der Waals surface area contributed by atoms with Gasteiger partial charge in [0, 0.05) is 19.3 Å². The molecule has 1 atom stereocenters.